The van der Waals surface area contributed by atoms with Crippen molar-refractivity contribution in [2.24, 2.45) is 5.73 Å². The summed E-state index contributed by atoms with van der Waals surface area (Å²) < 4.78 is 5.58. The van der Waals surface area contributed by atoms with Crippen molar-refractivity contribution in [2.75, 3.05) is 6.61 Å². The van der Waals surface area contributed by atoms with Gasteiger partial charge in [0.1, 0.15) is 5.76 Å². The van der Waals surface area contributed by atoms with E-state index < -0.39 is 0 Å². The fourth-order valence-corrected chi connectivity index (χ4v) is 2.83. The molecule has 1 aromatic carbocycles. The van der Waals surface area contributed by atoms with E-state index in [0.717, 1.165) is 31.6 Å². The SMILES string of the molecule is NC(C1=CCCO1)C1CCc2ccccc21. The average molecular weight is 215 g/mol. The van der Waals surface area contributed by atoms with Crippen molar-refractivity contribution in [3.63, 3.8) is 0 Å². The summed E-state index contributed by atoms with van der Waals surface area (Å²) in [5.74, 6) is 1.45. The summed E-state index contributed by atoms with van der Waals surface area (Å²) in [6.45, 7) is 0.803. The number of aryl methyl sites for hydroxylation is 1. The second kappa shape index (κ2) is 3.95. The van der Waals surface area contributed by atoms with E-state index in [2.05, 4.69) is 30.3 Å². The lowest BCUT2D eigenvalue weighted by Crippen LogP contribution is -2.29. The van der Waals surface area contributed by atoms with Gasteiger partial charge in [-0.15, -0.1) is 0 Å². The number of nitrogens with two attached hydrogens (primary N) is 1. The summed E-state index contributed by atoms with van der Waals surface area (Å²) in [5.41, 5.74) is 9.19. The van der Waals surface area contributed by atoms with Crippen LogP contribution in [0.1, 0.15) is 29.9 Å². The van der Waals surface area contributed by atoms with Crippen molar-refractivity contribution >= 4 is 0 Å². The Balaban J connectivity index is 1.87. The highest BCUT2D eigenvalue weighted by atomic mass is 16.5. The average Bonchev–Trinajstić information content (AvgIpc) is 2.98. The number of benzene rings is 1. The first-order valence-corrected chi connectivity index (χ1v) is 6.02. The molecule has 1 aromatic rings. The van der Waals surface area contributed by atoms with Crippen LogP contribution >= 0.6 is 0 Å². The van der Waals surface area contributed by atoms with Crippen molar-refractivity contribution < 1.29 is 4.74 Å². The fourth-order valence-electron chi connectivity index (χ4n) is 2.83. The molecule has 2 atom stereocenters. The third-order valence-corrected chi connectivity index (χ3v) is 3.67. The number of hydrogen-bond acceptors (Lipinski definition) is 2. The van der Waals surface area contributed by atoms with Crippen LogP contribution in [-0.2, 0) is 11.2 Å². The van der Waals surface area contributed by atoms with Crippen molar-refractivity contribution in [1.29, 1.82) is 0 Å². The number of ether oxygens (including phenoxy) is 1. The molecule has 0 fully saturated rings. The highest BCUT2D eigenvalue weighted by molar-refractivity contribution is 5.37. The predicted octanol–water partition coefficient (Wildman–Crippen LogP) is 2.35. The minimum atomic E-state index is 0.0474. The van der Waals surface area contributed by atoms with Gasteiger partial charge in [0, 0.05) is 12.3 Å². The van der Waals surface area contributed by atoms with Gasteiger partial charge < -0.3 is 10.5 Å². The van der Waals surface area contributed by atoms with Gasteiger partial charge in [0.05, 0.1) is 12.6 Å². The van der Waals surface area contributed by atoms with Crippen LogP contribution in [0.3, 0.4) is 0 Å². The van der Waals surface area contributed by atoms with Crippen LogP contribution in [0.25, 0.3) is 0 Å². The Morgan fingerprint density at radius 1 is 1.31 bits per heavy atom. The summed E-state index contributed by atoms with van der Waals surface area (Å²) in [6, 6.07) is 8.69. The molecule has 0 saturated carbocycles. The molecular weight excluding hydrogens is 198 g/mol. The highest BCUT2D eigenvalue weighted by Gasteiger charge is 2.30. The van der Waals surface area contributed by atoms with Gasteiger partial charge in [-0.25, -0.2) is 0 Å². The Bertz CT molecular complexity index is 424. The largest absolute Gasteiger partial charge is 0.496 e. The Hall–Kier alpha value is -1.28. The lowest BCUT2D eigenvalue weighted by molar-refractivity contribution is 0.217. The Kier molecular flexibility index (Phi) is 2.44. The van der Waals surface area contributed by atoms with Crippen molar-refractivity contribution in [1.82, 2.24) is 0 Å². The van der Waals surface area contributed by atoms with Crippen LogP contribution in [0.15, 0.2) is 36.1 Å². The molecule has 0 bridgehead atoms. The van der Waals surface area contributed by atoms with Gasteiger partial charge in [0.25, 0.3) is 0 Å². The van der Waals surface area contributed by atoms with Gasteiger partial charge in [-0.2, -0.15) is 0 Å². The van der Waals surface area contributed by atoms with Crippen LogP contribution in [0.5, 0.6) is 0 Å². The summed E-state index contributed by atoms with van der Waals surface area (Å²) >= 11 is 0. The first kappa shape index (κ1) is 9.91. The molecule has 1 aliphatic carbocycles. The minimum absolute atomic E-state index is 0.0474. The van der Waals surface area contributed by atoms with Crippen molar-refractivity contribution in [3.05, 3.63) is 47.2 Å². The molecule has 0 saturated heterocycles. The van der Waals surface area contributed by atoms with Gasteiger partial charge in [0.2, 0.25) is 0 Å². The molecule has 84 valence electrons. The molecule has 0 spiro atoms. The van der Waals surface area contributed by atoms with Gasteiger partial charge in [0.15, 0.2) is 0 Å². The first-order valence-electron chi connectivity index (χ1n) is 6.02. The standard InChI is InChI=1S/C14H17NO/c15-14(13-6-3-9-16-13)12-8-7-10-4-1-2-5-11(10)12/h1-2,4-6,12,14H,3,7-9,15H2. The molecule has 1 heterocycles. The van der Waals surface area contributed by atoms with E-state index in [-0.39, 0.29) is 6.04 Å². The maximum Gasteiger partial charge on any atom is 0.109 e. The highest BCUT2D eigenvalue weighted by Crippen LogP contribution is 2.37. The third kappa shape index (κ3) is 1.54. The zero-order valence-electron chi connectivity index (χ0n) is 9.36. The smallest absolute Gasteiger partial charge is 0.109 e. The Morgan fingerprint density at radius 3 is 3.00 bits per heavy atom. The molecule has 2 unspecified atom stereocenters. The number of rotatable bonds is 2. The van der Waals surface area contributed by atoms with Gasteiger partial charge in [-0.3, -0.25) is 0 Å². The number of hydrogen-bond donors (Lipinski definition) is 1. The molecule has 2 nitrogen and oxygen atoms in total. The van der Waals surface area contributed by atoms with E-state index in [9.17, 15) is 0 Å². The summed E-state index contributed by atoms with van der Waals surface area (Å²) in [7, 11) is 0. The lowest BCUT2D eigenvalue weighted by atomic mass is 9.92. The van der Waals surface area contributed by atoms with Crippen LogP contribution in [0, 0.1) is 0 Å². The molecule has 2 heteroatoms. The Labute approximate surface area is 96.1 Å². The van der Waals surface area contributed by atoms with Gasteiger partial charge in [-0.05, 0) is 30.0 Å². The topological polar surface area (TPSA) is 35.2 Å². The summed E-state index contributed by atoms with van der Waals surface area (Å²) in [5, 5.41) is 0. The molecule has 0 amide bonds. The maximum atomic E-state index is 6.31. The van der Waals surface area contributed by atoms with E-state index in [0.29, 0.717) is 5.92 Å². The second-order valence-electron chi connectivity index (χ2n) is 4.61. The summed E-state index contributed by atoms with van der Waals surface area (Å²) in [6.07, 6.45) is 5.46. The molecule has 2 N–H and O–H groups in total. The molecule has 0 radical (unpaired) electrons. The molecule has 16 heavy (non-hydrogen) atoms. The van der Waals surface area contributed by atoms with Crippen LogP contribution in [0.4, 0.5) is 0 Å². The molecule has 1 aliphatic heterocycles. The van der Waals surface area contributed by atoms with Crippen molar-refractivity contribution in [3.8, 4) is 0 Å². The quantitative estimate of drug-likeness (QED) is 0.822. The molecular formula is C14H17NO. The van der Waals surface area contributed by atoms with E-state index in [1.165, 1.54) is 11.1 Å². The van der Waals surface area contributed by atoms with E-state index >= 15 is 0 Å². The maximum absolute atomic E-state index is 6.31. The van der Waals surface area contributed by atoms with E-state index in [4.69, 9.17) is 10.5 Å². The van der Waals surface area contributed by atoms with E-state index in [1.807, 2.05) is 0 Å². The van der Waals surface area contributed by atoms with Gasteiger partial charge >= 0.3 is 0 Å². The number of fused-ring (bicyclic) bond motifs is 1. The molecule has 2 aliphatic rings. The minimum Gasteiger partial charge on any atom is -0.496 e. The van der Waals surface area contributed by atoms with Crippen LogP contribution < -0.4 is 5.73 Å². The van der Waals surface area contributed by atoms with Crippen molar-refractivity contribution in [2.45, 2.75) is 31.2 Å². The zero-order valence-corrected chi connectivity index (χ0v) is 9.36. The van der Waals surface area contributed by atoms with Gasteiger partial charge in [-0.1, -0.05) is 24.3 Å². The van der Waals surface area contributed by atoms with E-state index in [1.54, 1.807) is 0 Å². The monoisotopic (exact) mass is 215 g/mol. The molecule has 3 rings (SSSR count). The normalized spacial score (nSPS) is 24.8. The lowest BCUT2D eigenvalue weighted by Gasteiger charge is -2.21. The Morgan fingerprint density at radius 2 is 2.19 bits per heavy atom. The zero-order chi connectivity index (χ0) is 11.0. The predicted molar refractivity (Wildman–Crippen MR) is 64.1 cm³/mol. The fraction of sp³-hybridized carbons (Fsp3) is 0.429. The first-order chi connectivity index (χ1) is 7.86. The summed E-state index contributed by atoms with van der Waals surface area (Å²) in [4.78, 5) is 0. The third-order valence-electron chi connectivity index (χ3n) is 3.67. The van der Waals surface area contributed by atoms with Crippen LogP contribution in [0.2, 0.25) is 0 Å². The second-order valence-corrected chi connectivity index (χ2v) is 4.61. The molecule has 0 aromatic heterocycles. The van der Waals surface area contributed by atoms with Crippen LogP contribution in [-0.4, -0.2) is 12.6 Å².